The minimum atomic E-state index is 1.08. The highest BCUT2D eigenvalue weighted by Crippen LogP contribution is 2.44. The number of aromatic nitrogens is 2. The standard InChI is InChI=1S/C54H37N3/c1-3-17-38(18-4-1)39-33-35-42(36-34-39)55(52-31-13-14-32-53(52)57-50-29-11-7-23-45(50)46-24-8-12-30-51(46)57)43-22-15-19-40(37-43)44-26-16-27-48-47-25-9-10-28-49(47)56(54(44)48)41-20-5-2-6-21-41/h1-37H. The van der Waals surface area contributed by atoms with Crippen molar-refractivity contribution >= 4 is 60.7 Å². The van der Waals surface area contributed by atoms with Gasteiger partial charge in [-0.25, -0.2) is 0 Å². The second-order valence-electron chi connectivity index (χ2n) is 14.5. The van der Waals surface area contributed by atoms with E-state index in [1.54, 1.807) is 0 Å². The Balaban J connectivity index is 1.15. The first-order chi connectivity index (χ1) is 28.3. The van der Waals surface area contributed by atoms with Crippen LogP contribution in [0.4, 0.5) is 17.1 Å². The zero-order valence-corrected chi connectivity index (χ0v) is 31.2. The lowest BCUT2D eigenvalue weighted by atomic mass is 10.0. The van der Waals surface area contributed by atoms with Gasteiger partial charge in [-0.05, 0) is 83.4 Å². The minimum absolute atomic E-state index is 1.08. The number of hydrogen-bond acceptors (Lipinski definition) is 1. The van der Waals surface area contributed by atoms with Crippen molar-refractivity contribution in [2.75, 3.05) is 4.90 Å². The zero-order valence-electron chi connectivity index (χ0n) is 31.2. The number of benzene rings is 9. The van der Waals surface area contributed by atoms with E-state index in [1.165, 1.54) is 60.3 Å². The van der Waals surface area contributed by atoms with E-state index in [2.05, 4.69) is 238 Å². The predicted molar refractivity (Wildman–Crippen MR) is 241 cm³/mol. The van der Waals surface area contributed by atoms with Crippen LogP contribution in [0.15, 0.2) is 224 Å². The summed E-state index contributed by atoms with van der Waals surface area (Å²) >= 11 is 0. The molecule has 3 heteroatoms. The van der Waals surface area contributed by atoms with Gasteiger partial charge in [-0.1, -0.05) is 158 Å². The molecule has 0 fully saturated rings. The first-order valence-corrected chi connectivity index (χ1v) is 19.5. The molecule has 0 bridgehead atoms. The summed E-state index contributed by atoms with van der Waals surface area (Å²) in [6, 6.07) is 81.1. The first kappa shape index (κ1) is 32.8. The van der Waals surface area contributed by atoms with Crippen LogP contribution >= 0.6 is 0 Å². The van der Waals surface area contributed by atoms with E-state index in [0.717, 1.165) is 34.0 Å². The maximum atomic E-state index is 2.42. The molecule has 3 nitrogen and oxygen atoms in total. The molecule has 9 aromatic carbocycles. The average molecular weight is 728 g/mol. The van der Waals surface area contributed by atoms with Crippen LogP contribution in [0.5, 0.6) is 0 Å². The maximum absolute atomic E-state index is 2.42. The van der Waals surface area contributed by atoms with Crippen LogP contribution in [0, 0.1) is 0 Å². The van der Waals surface area contributed by atoms with Gasteiger partial charge >= 0.3 is 0 Å². The average Bonchev–Trinajstić information content (AvgIpc) is 3.81. The van der Waals surface area contributed by atoms with Crippen molar-refractivity contribution in [3.8, 4) is 33.6 Å². The van der Waals surface area contributed by atoms with Crippen LogP contribution in [0.1, 0.15) is 0 Å². The summed E-state index contributed by atoms with van der Waals surface area (Å²) in [5.74, 6) is 0. The molecular formula is C54H37N3. The van der Waals surface area contributed by atoms with Crippen molar-refractivity contribution in [1.29, 1.82) is 0 Å². The molecular weight excluding hydrogens is 691 g/mol. The maximum Gasteiger partial charge on any atom is 0.0702 e. The number of fused-ring (bicyclic) bond motifs is 6. The van der Waals surface area contributed by atoms with Gasteiger partial charge in [-0.3, -0.25) is 0 Å². The molecule has 0 radical (unpaired) electrons. The summed E-state index contributed by atoms with van der Waals surface area (Å²) in [7, 11) is 0. The largest absolute Gasteiger partial charge is 0.309 e. The quantitative estimate of drug-likeness (QED) is 0.159. The van der Waals surface area contributed by atoms with Crippen molar-refractivity contribution in [3.63, 3.8) is 0 Å². The van der Waals surface area contributed by atoms with E-state index in [0.29, 0.717) is 0 Å². The van der Waals surface area contributed by atoms with E-state index in [9.17, 15) is 0 Å². The Morgan fingerprint density at radius 3 is 1.53 bits per heavy atom. The molecule has 57 heavy (non-hydrogen) atoms. The van der Waals surface area contributed by atoms with Gasteiger partial charge in [0.1, 0.15) is 0 Å². The zero-order chi connectivity index (χ0) is 37.7. The Bertz CT molecular complexity index is 3170. The molecule has 2 heterocycles. The lowest BCUT2D eigenvalue weighted by Gasteiger charge is -2.29. The number of para-hydroxylation sites is 7. The molecule has 2 aromatic heterocycles. The van der Waals surface area contributed by atoms with E-state index >= 15 is 0 Å². The Labute approximate surface area is 331 Å². The van der Waals surface area contributed by atoms with Crippen LogP contribution in [-0.2, 0) is 0 Å². The van der Waals surface area contributed by atoms with Crippen molar-refractivity contribution < 1.29 is 0 Å². The topological polar surface area (TPSA) is 13.1 Å². The summed E-state index contributed by atoms with van der Waals surface area (Å²) in [5, 5.41) is 4.97. The second-order valence-corrected chi connectivity index (χ2v) is 14.5. The Morgan fingerprint density at radius 1 is 0.316 bits per heavy atom. The van der Waals surface area contributed by atoms with Crippen molar-refractivity contribution in [1.82, 2.24) is 9.13 Å². The number of hydrogen-bond donors (Lipinski definition) is 0. The van der Waals surface area contributed by atoms with Crippen molar-refractivity contribution in [2.24, 2.45) is 0 Å². The molecule has 0 atom stereocenters. The summed E-state index contributed by atoms with van der Waals surface area (Å²) in [6.07, 6.45) is 0. The van der Waals surface area contributed by atoms with Crippen molar-refractivity contribution in [3.05, 3.63) is 224 Å². The number of rotatable bonds is 7. The van der Waals surface area contributed by atoms with E-state index in [4.69, 9.17) is 0 Å². The molecule has 0 aliphatic rings. The van der Waals surface area contributed by atoms with Crippen LogP contribution in [0.25, 0.3) is 77.2 Å². The van der Waals surface area contributed by atoms with Crippen molar-refractivity contribution in [2.45, 2.75) is 0 Å². The Kier molecular flexibility index (Phi) is 7.82. The molecule has 0 saturated heterocycles. The normalized spacial score (nSPS) is 11.5. The van der Waals surface area contributed by atoms with Crippen LogP contribution in [0.3, 0.4) is 0 Å². The summed E-state index contributed by atoms with van der Waals surface area (Å²) in [6.45, 7) is 0. The molecule has 0 spiro atoms. The summed E-state index contributed by atoms with van der Waals surface area (Å²) in [4.78, 5) is 2.42. The molecule has 0 unspecified atom stereocenters. The fraction of sp³-hybridized carbons (Fsp3) is 0. The van der Waals surface area contributed by atoms with Gasteiger partial charge in [0, 0.05) is 44.2 Å². The van der Waals surface area contributed by atoms with E-state index < -0.39 is 0 Å². The monoisotopic (exact) mass is 727 g/mol. The lowest BCUT2D eigenvalue weighted by molar-refractivity contribution is 1.15. The van der Waals surface area contributed by atoms with Crippen LogP contribution < -0.4 is 4.90 Å². The third kappa shape index (κ3) is 5.43. The van der Waals surface area contributed by atoms with Gasteiger partial charge in [0.2, 0.25) is 0 Å². The summed E-state index contributed by atoms with van der Waals surface area (Å²) in [5.41, 5.74) is 15.0. The second kappa shape index (κ2) is 13.6. The molecule has 0 amide bonds. The minimum Gasteiger partial charge on any atom is -0.309 e. The third-order valence-corrected chi connectivity index (χ3v) is 11.3. The van der Waals surface area contributed by atoms with Gasteiger partial charge < -0.3 is 14.0 Å². The highest BCUT2D eigenvalue weighted by Gasteiger charge is 2.22. The van der Waals surface area contributed by atoms with Crippen LogP contribution in [0.2, 0.25) is 0 Å². The van der Waals surface area contributed by atoms with Gasteiger partial charge in [0.05, 0.1) is 33.4 Å². The molecule has 268 valence electrons. The third-order valence-electron chi connectivity index (χ3n) is 11.3. The van der Waals surface area contributed by atoms with E-state index in [-0.39, 0.29) is 0 Å². The molecule has 0 saturated carbocycles. The molecule has 11 rings (SSSR count). The van der Waals surface area contributed by atoms with Gasteiger partial charge in [0.15, 0.2) is 0 Å². The molecule has 0 aliphatic carbocycles. The smallest absolute Gasteiger partial charge is 0.0702 e. The van der Waals surface area contributed by atoms with Gasteiger partial charge in [0.25, 0.3) is 0 Å². The Hall–Kier alpha value is -7.62. The SMILES string of the molecule is c1ccc(-c2ccc(N(c3cccc(-c4cccc5c6ccccc6n(-c6ccccc6)c45)c3)c3ccccc3-n3c4ccccc4c4ccccc43)cc2)cc1. The number of nitrogens with zero attached hydrogens (tertiary/aromatic N) is 3. The van der Waals surface area contributed by atoms with E-state index in [1.807, 2.05) is 0 Å². The molecule has 11 aromatic rings. The number of anilines is 3. The lowest BCUT2D eigenvalue weighted by Crippen LogP contribution is -2.13. The first-order valence-electron chi connectivity index (χ1n) is 19.5. The summed E-state index contributed by atoms with van der Waals surface area (Å²) < 4.78 is 4.85. The highest BCUT2D eigenvalue weighted by atomic mass is 15.2. The van der Waals surface area contributed by atoms with Gasteiger partial charge in [-0.2, -0.15) is 0 Å². The van der Waals surface area contributed by atoms with Gasteiger partial charge in [-0.15, -0.1) is 0 Å². The molecule has 0 aliphatic heterocycles. The highest BCUT2D eigenvalue weighted by molar-refractivity contribution is 6.14. The fourth-order valence-electron chi connectivity index (χ4n) is 8.79. The Morgan fingerprint density at radius 2 is 0.825 bits per heavy atom. The fourth-order valence-corrected chi connectivity index (χ4v) is 8.79. The van der Waals surface area contributed by atoms with Crippen LogP contribution in [-0.4, -0.2) is 9.13 Å². The predicted octanol–water partition coefficient (Wildman–Crippen LogP) is 14.7. The molecule has 0 N–H and O–H groups in total.